The Morgan fingerprint density at radius 2 is 2.05 bits per heavy atom. The SMILES string of the molecule is COc1ccc(CNC[C@H](O)c2cccc(O)c2)cc1Br. The van der Waals surface area contributed by atoms with E-state index in [1.165, 1.54) is 0 Å². The number of aliphatic hydroxyl groups is 1. The van der Waals surface area contributed by atoms with Crippen molar-refractivity contribution in [3.05, 3.63) is 58.1 Å². The van der Waals surface area contributed by atoms with E-state index >= 15 is 0 Å². The van der Waals surface area contributed by atoms with Gasteiger partial charge in [-0.1, -0.05) is 18.2 Å². The van der Waals surface area contributed by atoms with E-state index < -0.39 is 6.10 Å². The number of hydrogen-bond acceptors (Lipinski definition) is 4. The van der Waals surface area contributed by atoms with Gasteiger partial charge in [0.15, 0.2) is 0 Å². The third-order valence-electron chi connectivity index (χ3n) is 3.14. The molecule has 112 valence electrons. The quantitative estimate of drug-likeness (QED) is 0.748. The highest BCUT2D eigenvalue weighted by atomic mass is 79.9. The van der Waals surface area contributed by atoms with Gasteiger partial charge < -0.3 is 20.3 Å². The summed E-state index contributed by atoms with van der Waals surface area (Å²) in [7, 11) is 1.63. The van der Waals surface area contributed by atoms with Crippen LogP contribution in [0.5, 0.6) is 11.5 Å². The summed E-state index contributed by atoms with van der Waals surface area (Å²) in [5, 5.41) is 22.6. The van der Waals surface area contributed by atoms with E-state index in [1.54, 1.807) is 31.4 Å². The molecule has 2 aromatic rings. The Hall–Kier alpha value is -1.56. The van der Waals surface area contributed by atoms with Crippen LogP contribution in [0.4, 0.5) is 0 Å². The first-order chi connectivity index (χ1) is 10.1. The summed E-state index contributed by atoms with van der Waals surface area (Å²) in [5.41, 5.74) is 1.78. The van der Waals surface area contributed by atoms with Gasteiger partial charge in [0.2, 0.25) is 0 Å². The molecule has 0 unspecified atom stereocenters. The second kappa shape index (κ2) is 7.45. The first-order valence-electron chi connectivity index (χ1n) is 6.60. The molecule has 0 heterocycles. The van der Waals surface area contributed by atoms with Crippen molar-refractivity contribution >= 4 is 15.9 Å². The van der Waals surface area contributed by atoms with Crippen molar-refractivity contribution in [2.75, 3.05) is 13.7 Å². The van der Waals surface area contributed by atoms with Crippen LogP contribution in [0.3, 0.4) is 0 Å². The standard InChI is InChI=1S/C16H18BrNO3/c1-21-16-6-5-11(7-14(16)17)9-18-10-15(20)12-3-2-4-13(19)8-12/h2-8,15,18-20H,9-10H2,1H3/t15-/m0/s1. The largest absolute Gasteiger partial charge is 0.508 e. The molecule has 0 saturated heterocycles. The number of methoxy groups -OCH3 is 1. The maximum absolute atomic E-state index is 10.1. The molecule has 2 aromatic carbocycles. The number of halogens is 1. The molecule has 0 aromatic heterocycles. The smallest absolute Gasteiger partial charge is 0.133 e. The van der Waals surface area contributed by atoms with Crippen LogP contribution in [-0.4, -0.2) is 23.9 Å². The van der Waals surface area contributed by atoms with E-state index in [0.717, 1.165) is 15.8 Å². The van der Waals surface area contributed by atoms with Crippen LogP contribution in [0.25, 0.3) is 0 Å². The lowest BCUT2D eigenvalue weighted by Crippen LogP contribution is -2.21. The number of rotatable bonds is 6. The number of phenols is 1. The Morgan fingerprint density at radius 3 is 2.71 bits per heavy atom. The predicted molar refractivity (Wildman–Crippen MR) is 85.5 cm³/mol. The third-order valence-corrected chi connectivity index (χ3v) is 3.76. The van der Waals surface area contributed by atoms with Crippen molar-refractivity contribution in [1.82, 2.24) is 5.32 Å². The van der Waals surface area contributed by atoms with Gasteiger partial charge in [-0.25, -0.2) is 0 Å². The number of benzene rings is 2. The molecule has 0 aliphatic carbocycles. The molecule has 0 bridgehead atoms. The monoisotopic (exact) mass is 351 g/mol. The summed E-state index contributed by atoms with van der Waals surface area (Å²) in [6.07, 6.45) is -0.654. The molecule has 0 saturated carbocycles. The van der Waals surface area contributed by atoms with Gasteiger partial charge in [-0.2, -0.15) is 0 Å². The van der Waals surface area contributed by atoms with E-state index in [4.69, 9.17) is 4.74 Å². The molecule has 0 aliphatic heterocycles. The Kier molecular flexibility index (Phi) is 5.61. The normalized spacial score (nSPS) is 12.1. The Balaban J connectivity index is 1.88. The van der Waals surface area contributed by atoms with Gasteiger partial charge in [0.1, 0.15) is 11.5 Å². The molecule has 0 amide bonds. The first-order valence-corrected chi connectivity index (χ1v) is 7.39. The Labute approximate surface area is 132 Å². The fraction of sp³-hybridized carbons (Fsp3) is 0.250. The molecule has 21 heavy (non-hydrogen) atoms. The minimum absolute atomic E-state index is 0.158. The maximum atomic E-state index is 10.1. The molecule has 3 N–H and O–H groups in total. The number of nitrogens with one attached hydrogen (secondary N) is 1. The Morgan fingerprint density at radius 1 is 1.24 bits per heavy atom. The van der Waals surface area contributed by atoms with Gasteiger partial charge >= 0.3 is 0 Å². The van der Waals surface area contributed by atoms with Gasteiger partial charge in [0.05, 0.1) is 17.7 Å². The highest BCUT2D eigenvalue weighted by Gasteiger charge is 2.08. The zero-order valence-electron chi connectivity index (χ0n) is 11.7. The zero-order chi connectivity index (χ0) is 15.2. The van der Waals surface area contributed by atoms with Crippen molar-refractivity contribution in [2.24, 2.45) is 0 Å². The average molecular weight is 352 g/mol. The minimum atomic E-state index is -0.654. The van der Waals surface area contributed by atoms with Gasteiger partial charge in [0.25, 0.3) is 0 Å². The van der Waals surface area contributed by atoms with E-state index in [9.17, 15) is 10.2 Å². The van der Waals surface area contributed by atoms with E-state index in [-0.39, 0.29) is 5.75 Å². The van der Waals surface area contributed by atoms with Gasteiger partial charge in [-0.3, -0.25) is 0 Å². The van der Waals surface area contributed by atoms with Gasteiger partial charge in [0, 0.05) is 13.1 Å². The molecule has 1 atom stereocenters. The van der Waals surface area contributed by atoms with Crippen LogP contribution >= 0.6 is 15.9 Å². The molecule has 2 rings (SSSR count). The fourth-order valence-electron chi connectivity index (χ4n) is 2.02. The minimum Gasteiger partial charge on any atom is -0.508 e. The highest BCUT2D eigenvalue weighted by molar-refractivity contribution is 9.10. The second-order valence-electron chi connectivity index (χ2n) is 4.71. The molecule has 0 aliphatic rings. The van der Waals surface area contributed by atoms with E-state index in [1.807, 2.05) is 18.2 Å². The van der Waals surface area contributed by atoms with Crippen LogP contribution in [0, 0.1) is 0 Å². The summed E-state index contributed by atoms with van der Waals surface area (Å²) in [6, 6.07) is 12.5. The number of aromatic hydroxyl groups is 1. The highest BCUT2D eigenvalue weighted by Crippen LogP contribution is 2.25. The lowest BCUT2D eigenvalue weighted by atomic mass is 10.1. The lowest BCUT2D eigenvalue weighted by molar-refractivity contribution is 0.174. The molecule has 0 spiro atoms. The van der Waals surface area contributed by atoms with Gasteiger partial charge in [-0.15, -0.1) is 0 Å². The van der Waals surface area contributed by atoms with Crippen molar-refractivity contribution in [2.45, 2.75) is 12.6 Å². The van der Waals surface area contributed by atoms with E-state index in [2.05, 4.69) is 21.2 Å². The second-order valence-corrected chi connectivity index (χ2v) is 5.56. The number of aliphatic hydroxyl groups excluding tert-OH is 1. The maximum Gasteiger partial charge on any atom is 0.133 e. The average Bonchev–Trinajstić information content (AvgIpc) is 2.47. The molecule has 0 fully saturated rings. The molecule has 4 nitrogen and oxygen atoms in total. The topological polar surface area (TPSA) is 61.7 Å². The van der Waals surface area contributed by atoms with Crippen molar-refractivity contribution in [1.29, 1.82) is 0 Å². The summed E-state index contributed by atoms with van der Waals surface area (Å²) >= 11 is 3.44. The predicted octanol–water partition coefficient (Wildman–Crippen LogP) is 2.99. The summed E-state index contributed by atoms with van der Waals surface area (Å²) in [4.78, 5) is 0. The van der Waals surface area contributed by atoms with Crippen LogP contribution in [0.1, 0.15) is 17.2 Å². The summed E-state index contributed by atoms with van der Waals surface area (Å²) < 4.78 is 6.08. The molecule has 5 heteroatoms. The molecular formula is C16H18BrNO3. The van der Waals surface area contributed by atoms with Crippen LogP contribution in [0.2, 0.25) is 0 Å². The number of phenolic OH excluding ortho intramolecular Hbond substituents is 1. The van der Waals surface area contributed by atoms with Crippen LogP contribution < -0.4 is 10.1 Å². The third kappa shape index (κ3) is 4.46. The Bertz CT molecular complexity index is 604. The molecule has 0 radical (unpaired) electrons. The van der Waals surface area contributed by atoms with Crippen molar-refractivity contribution in [3.63, 3.8) is 0 Å². The van der Waals surface area contributed by atoms with Crippen molar-refractivity contribution < 1.29 is 14.9 Å². The van der Waals surface area contributed by atoms with Crippen LogP contribution in [-0.2, 0) is 6.54 Å². The van der Waals surface area contributed by atoms with Crippen molar-refractivity contribution in [3.8, 4) is 11.5 Å². The van der Waals surface area contributed by atoms with E-state index in [0.29, 0.717) is 18.7 Å². The summed E-state index contributed by atoms with van der Waals surface area (Å²) in [6.45, 7) is 1.05. The first kappa shape index (κ1) is 15.8. The fourth-order valence-corrected chi connectivity index (χ4v) is 2.61. The number of ether oxygens (including phenoxy) is 1. The van der Waals surface area contributed by atoms with Crippen LogP contribution in [0.15, 0.2) is 46.9 Å². The molecular weight excluding hydrogens is 334 g/mol. The summed E-state index contributed by atoms with van der Waals surface area (Å²) in [5.74, 6) is 0.948. The zero-order valence-corrected chi connectivity index (χ0v) is 13.3. The van der Waals surface area contributed by atoms with Gasteiger partial charge in [-0.05, 0) is 51.3 Å². The lowest BCUT2D eigenvalue weighted by Gasteiger charge is -2.13. The number of hydrogen-bond donors (Lipinski definition) is 3.